The first-order valence-corrected chi connectivity index (χ1v) is 9.10. The van der Waals surface area contributed by atoms with Gasteiger partial charge in [0.05, 0.1) is 6.20 Å². The molecular formula is C21H20N6. The smallest absolute Gasteiger partial charge is 0.222 e. The molecule has 4 aromatic rings. The summed E-state index contributed by atoms with van der Waals surface area (Å²) in [6, 6.07) is 18.4. The zero-order valence-electron chi connectivity index (χ0n) is 14.8. The van der Waals surface area contributed by atoms with Crippen molar-refractivity contribution in [1.82, 2.24) is 19.5 Å². The topological polar surface area (TPSA) is 95.6 Å². The maximum absolute atomic E-state index is 6.47. The summed E-state index contributed by atoms with van der Waals surface area (Å²) < 4.78 is 2.02. The predicted molar refractivity (Wildman–Crippen MR) is 106 cm³/mol. The molecule has 0 atom stereocenters. The van der Waals surface area contributed by atoms with Crippen LogP contribution >= 0.6 is 0 Å². The van der Waals surface area contributed by atoms with Crippen LogP contribution in [0.4, 0.5) is 5.95 Å². The molecule has 2 heterocycles. The number of benzene rings is 2. The van der Waals surface area contributed by atoms with Crippen LogP contribution in [0.5, 0.6) is 0 Å². The van der Waals surface area contributed by atoms with Crippen molar-refractivity contribution < 1.29 is 0 Å². The first-order chi connectivity index (χ1) is 13.1. The van der Waals surface area contributed by atoms with Crippen LogP contribution in [-0.4, -0.2) is 19.5 Å². The van der Waals surface area contributed by atoms with E-state index in [1.807, 2.05) is 34.9 Å². The molecular weight excluding hydrogens is 336 g/mol. The second kappa shape index (κ2) is 5.89. The summed E-state index contributed by atoms with van der Waals surface area (Å²) in [5.41, 5.74) is 16.7. The average Bonchev–Trinajstić information content (AvgIpc) is 3.05. The van der Waals surface area contributed by atoms with Crippen molar-refractivity contribution in [3.05, 3.63) is 66.4 Å². The number of nitrogens with zero attached hydrogens (tertiary/aromatic N) is 4. The summed E-state index contributed by atoms with van der Waals surface area (Å²) >= 11 is 0. The van der Waals surface area contributed by atoms with Gasteiger partial charge in [-0.1, -0.05) is 42.5 Å². The van der Waals surface area contributed by atoms with Crippen molar-refractivity contribution >= 4 is 17.1 Å². The van der Waals surface area contributed by atoms with Crippen LogP contribution < -0.4 is 11.5 Å². The maximum Gasteiger partial charge on any atom is 0.222 e. The van der Waals surface area contributed by atoms with Crippen LogP contribution in [0.15, 0.2) is 60.8 Å². The van der Waals surface area contributed by atoms with E-state index in [-0.39, 0.29) is 11.5 Å². The Kier molecular flexibility index (Phi) is 3.48. The van der Waals surface area contributed by atoms with Crippen molar-refractivity contribution in [2.75, 3.05) is 5.73 Å². The molecule has 27 heavy (non-hydrogen) atoms. The lowest BCUT2D eigenvalue weighted by atomic mass is 9.73. The number of fused-ring (bicyclic) bond motifs is 1. The van der Waals surface area contributed by atoms with Gasteiger partial charge in [0, 0.05) is 16.8 Å². The molecule has 5 rings (SSSR count). The molecule has 0 aliphatic heterocycles. The Hall–Kier alpha value is -3.25. The minimum absolute atomic E-state index is 0.176. The van der Waals surface area contributed by atoms with Gasteiger partial charge >= 0.3 is 0 Å². The minimum atomic E-state index is -0.176. The number of nitrogens with two attached hydrogens (primary N) is 2. The van der Waals surface area contributed by atoms with Gasteiger partial charge < -0.3 is 11.5 Å². The highest BCUT2D eigenvalue weighted by atomic mass is 15.2. The van der Waals surface area contributed by atoms with Gasteiger partial charge in [-0.05, 0) is 37.0 Å². The highest BCUT2D eigenvalue weighted by molar-refractivity contribution is 5.80. The van der Waals surface area contributed by atoms with E-state index in [2.05, 4.69) is 34.2 Å². The van der Waals surface area contributed by atoms with Gasteiger partial charge in [0.2, 0.25) is 5.95 Å². The van der Waals surface area contributed by atoms with Gasteiger partial charge in [-0.2, -0.15) is 4.98 Å². The number of imidazole rings is 1. The second-order valence-corrected chi connectivity index (χ2v) is 7.13. The van der Waals surface area contributed by atoms with Crippen molar-refractivity contribution in [1.29, 1.82) is 0 Å². The van der Waals surface area contributed by atoms with Gasteiger partial charge in [0.15, 0.2) is 5.65 Å². The van der Waals surface area contributed by atoms with Crippen LogP contribution in [0.3, 0.4) is 0 Å². The van der Waals surface area contributed by atoms with Crippen LogP contribution in [0.25, 0.3) is 28.2 Å². The Morgan fingerprint density at radius 1 is 0.926 bits per heavy atom. The molecule has 0 radical (unpaired) electrons. The summed E-state index contributed by atoms with van der Waals surface area (Å²) in [6.45, 7) is 0. The minimum Gasteiger partial charge on any atom is -0.368 e. The van der Waals surface area contributed by atoms with Crippen molar-refractivity contribution in [3.63, 3.8) is 0 Å². The maximum atomic E-state index is 6.47. The van der Waals surface area contributed by atoms with E-state index < -0.39 is 0 Å². The van der Waals surface area contributed by atoms with Crippen molar-refractivity contribution in [3.8, 4) is 17.1 Å². The van der Waals surface area contributed by atoms with Crippen LogP contribution in [0, 0.1) is 0 Å². The van der Waals surface area contributed by atoms with Crippen molar-refractivity contribution in [2.45, 2.75) is 24.8 Å². The van der Waals surface area contributed by atoms with E-state index in [4.69, 9.17) is 16.5 Å². The van der Waals surface area contributed by atoms with Crippen LogP contribution in [-0.2, 0) is 5.54 Å². The number of anilines is 1. The summed E-state index contributed by atoms with van der Waals surface area (Å²) in [5.74, 6) is 1.04. The lowest BCUT2D eigenvalue weighted by molar-refractivity contribution is 0.253. The van der Waals surface area contributed by atoms with Crippen LogP contribution in [0.1, 0.15) is 24.8 Å². The van der Waals surface area contributed by atoms with Crippen molar-refractivity contribution in [2.24, 2.45) is 5.73 Å². The number of hydrogen-bond acceptors (Lipinski definition) is 5. The van der Waals surface area contributed by atoms with Gasteiger partial charge in [0.25, 0.3) is 0 Å². The summed E-state index contributed by atoms with van der Waals surface area (Å²) in [6.07, 6.45) is 4.94. The van der Waals surface area contributed by atoms with E-state index >= 15 is 0 Å². The highest BCUT2D eigenvalue weighted by Gasteiger charge is 2.34. The third-order valence-electron chi connectivity index (χ3n) is 5.40. The molecule has 6 heteroatoms. The molecule has 6 nitrogen and oxygen atoms in total. The number of aromatic nitrogens is 4. The fraction of sp³-hybridized carbons (Fsp3) is 0.190. The Morgan fingerprint density at radius 2 is 1.67 bits per heavy atom. The monoisotopic (exact) mass is 356 g/mol. The van der Waals surface area contributed by atoms with Gasteiger partial charge in [0.1, 0.15) is 11.3 Å². The summed E-state index contributed by atoms with van der Waals surface area (Å²) in [7, 11) is 0. The van der Waals surface area contributed by atoms with Crippen LogP contribution in [0.2, 0.25) is 0 Å². The highest BCUT2D eigenvalue weighted by Crippen LogP contribution is 2.39. The molecule has 134 valence electrons. The third kappa shape index (κ3) is 2.57. The Labute approximate surface area is 156 Å². The summed E-state index contributed by atoms with van der Waals surface area (Å²) in [5, 5.41) is 0. The molecule has 2 aromatic carbocycles. The Morgan fingerprint density at radius 3 is 2.33 bits per heavy atom. The van der Waals surface area contributed by atoms with Gasteiger partial charge in [-0.25, -0.2) is 9.97 Å². The van der Waals surface area contributed by atoms with Gasteiger partial charge in [-0.3, -0.25) is 4.57 Å². The molecule has 1 fully saturated rings. The zero-order valence-corrected chi connectivity index (χ0v) is 14.8. The Balaban J connectivity index is 1.70. The Bertz CT molecular complexity index is 1110. The largest absolute Gasteiger partial charge is 0.368 e. The number of rotatable bonds is 3. The first kappa shape index (κ1) is 16.0. The fourth-order valence-electron chi connectivity index (χ4n) is 3.70. The SMILES string of the molecule is Nc1ncc2nc(-c3ccccc3)n(-c3ccc(C4(N)CCC4)cc3)c2n1. The van der Waals surface area contributed by atoms with E-state index in [9.17, 15) is 0 Å². The molecule has 0 saturated heterocycles. The third-order valence-corrected chi connectivity index (χ3v) is 5.40. The molecule has 4 N–H and O–H groups in total. The molecule has 1 aliphatic rings. The lowest BCUT2D eigenvalue weighted by Gasteiger charge is -2.38. The molecule has 0 amide bonds. The molecule has 0 unspecified atom stereocenters. The molecule has 1 saturated carbocycles. The van der Waals surface area contributed by atoms with Gasteiger partial charge in [-0.15, -0.1) is 0 Å². The normalized spacial score (nSPS) is 15.6. The molecule has 0 spiro atoms. The number of hydrogen-bond donors (Lipinski definition) is 2. The molecule has 0 bridgehead atoms. The fourth-order valence-corrected chi connectivity index (χ4v) is 3.70. The second-order valence-electron chi connectivity index (χ2n) is 7.13. The molecule has 2 aromatic heterocycles. The van der Waals surface area contributed by atoms with E-state index in [1.54, 1.807) is 6.20 Å². The number of nitrogen functional groups attached to an aromatic ring is 1. The predicted octanol–water partition coefficient (Wildman–Crippen LogP) is 3.40. The first-order valence-electron chi connectivity index (χ1n) is 9.10. The summed E-state index contributed by atoms with van der Waals surface area (Å²) in [4.78, 5) is 13.3. The quantitative estimate of drug-likeness (QED) is 0.586. The molecule has 1 aliphatic carbocycles. The zero-order chi connectivity index (χ0) is 18.4. The van der Waals surface area contributed by atoms with E-state index in [0.29, 0.717) is 11.2 Å². The van der Waals surface area contributed by atoms with E-state index in [1.165, 1.54) is 12.0 Å². The average molecular weight is 356 g/mol. The standard InChI is InChI=1S/C21H20N6/c22-20-24-13-17-19(26-20)27(18(25-17)14-5-2-1-3-6-14)16-9-7-15(8-10-16)21(23)11-4-12-21/h1-3,5-10,13H,4,11-12,23H2,(H2,22,24,26). The lowest BCUT2D eigenvalue weighted by Crippen LogP contribution is -2.43. The van der Waals surface area contributed by atoms with E-state index in [0.717, 1.165) is 29.9 Å².